The molecule has 0 unspecified atom stereocenters. The Kier molecular flexibility index (Phi) is 7.86. The molecule has 4 rings (SSSR count). The predicted octanol–water partition coefficient (Wildman–Crippen LogP) is 3.73. The fourth-order valence-electron chi connectivity index (χ4n) is 4.51. The smallest absolute Gasteiger partial charge is 0.259 e. The number of carbonyl (C=O) groups is 2. The molecule has 7 heteroatoms. The number of carbonyl (C=O) groups excluding carboxylic acids is 2. The lowest BCUT2D eigenvalue weighted by atomic mass is 9.84. The zero-order valence-electron chi connectivity index (χ0n) is 20.8. The minimum Gasteiger partial charge on any atom is -0.472 e. The van der Waals surface area contributed by atoms with E-state index in [2.05, 4.69) is 4.98 Å². The zero-order chi connectivity index (χ0) is 24.9. The SMILES string of the molecule is C[C@@H]1CN([C@@H](C)CO)C(=O)c2cc(/C=C/c3ccccc3)cnc2O[C@@H]1CN(C)C(=O)C1CCC1. The van der Waals surface area contributed by atoms with Gasteiger partial charge in [-0.05, 0) is 37.0 Å². The first-order valence-electron chi connectivity index (χ1n) is 12.4. The van der Waals surface area contributed by atoms with Crippen molar-refractivity contribution in [3.8, 4) is 5.88 Å². The van der Waals surface area contributed by atoms with E-state index in [1.165, 1.54) is 0 Å². The molecule has 0 radical (unpaired) electrons. The molecular weight excluding hydrogens is 442 g/mol. The monoisotopic (exact) mass is 477 g/mol. The number of fused-ring (bicyclic) bond motifs is 1. The van der Waals surface area contributed by atoms with E-state index in [0.29, 0.717) is 18.7 Å². The number of rotatable bonds is 7. The van der Waals surface area contributed by atoms with Gasteiger partial charge in [0.2, 0.25) is 11.8 Å². The summed E-state index contributed by atoms with van der Waals surface area (Å²) in [7, 11) is 1.82. The van der Waals surface area contributed by atoms with E-state index in [0.717, 1.165) is 30.4 Å². The summed E-state index contributed by atoms with van der Waals surface area (Å²) in [6.07, 6.45) is 8.25. The molecule has 1 aromatic heterocycles. The van der Waals surface area contributed by atoms with Crippen molar-refractivity contribution >= 4 is 24.0 Å². The van der Waals surface area contributed by atoms with Gasteiger partial charge in [-0.25, -0.2) is 4.98 Å². The predicted molar refractivity (Wildman–Crippen MR) is 136 cm³/mol. The van der Waals surface area contributed by atoms with Gasteiger partial charge in [-0.3, -0.25) is 9.59 Å². The molecule has 1 aliphatic carbocycles. The van der Waals surface area contributed by atoms with E-state index >= 15 is 0 Å². The van der Waals surface area contributed by atoms with E-state index in [9.17, 15) is 14.7 Å². The number of likely N-dealkylation sites (N-methyl/N-ethyl adjacent to an activating group) is 1. The molecule has 2 amide bonds. The summed E-state index contributed by atoms with van der Waals surface area (Å²) in [5.41, 5.74) is 2.19. The highest BCUT2D eigenvalue weighted by molar-refractivity contribution is 5.97. The Bertz CT molecular complexity index is 1070. The van der Waals surface area contributed by atoms with E-state index in [1.807, 2.05) is 63.4 Å². The summed E-state index contributed by atoms with van der Waals surface area (Å²) in [6.45, 7) is 4.54. The maximum Gasteiger partial charge on any atom is 0.259 e. The zero-order valence-corrected chi connectivity index (χ0v) is 20.8. The number of aliphatic hydroxyl groups excluding tert-OH is 1. The number of aliphatic hydroxyl groups is 1. The topological polar surface area (TPSA) is 83.0 Å². The summed E-state index contributed by atoms with van der Waals surface area (Å²) < 4.78 is 6.31. The average Bonchev–Trinajstić information content (AvgIpc) is 2.84. The van der Waals surface area contributed by atoms with Crippen LogP contribution in [0.4, 0.5) is 0 Å². The van der Waals surface area contributed by atoms with E-state index in [1.54, 1.807) is 22.1 Å². The van der Waals surface area contributed by atoms with Crippen LogP contribution in [0.25, 0.3) is 12.2 Å². The number of aromatic nitrogens is 1. The minimum atomic E-state index is -0.352. The highest BCUT2D eigenvalue weighted by Crippen LogP contribution is 2.30. The molecule has 1 aliphatic heterocycles. The lowest BCUT2D eigenvalue weighted by Crippen LogP contribution is -2.51. The van der Waals surface area contributed by atoms with Crippen molar-refractivity contribution in [3.63, 3.8) is 0 Å². The molecule has 7 nitrogen and oxygen atoms in total. The molecule has 0 spiro atoms. The number of benzene rings is 1. The molecule has 2 aliphatic rings. The van der Waals surface area contributed by atoms with Crippen molar-refractivity contribution < 1.29 is 19.4 Å². The Morgan fingerprint density at radius 1 is 1.26 bits per heavy atom. The lowest BCUT2D eigenvalue weighted by Gasteiger charge is -2.38. The van der Waals surface area contributed by atoms with Crippen molar-refractivity contribution in [1.29, 1.82) is 0 Å². The molecule has 0 bridgehead atoms. The normalized spacial score (nSPS) is 21.5. The van der Waals surface area contributed by atoms with Crippen LogP contribution in [0.3, 0.4) is 0 Å². The van der Waals surface area contributed by atoms with Gasteiger partial charge in [0, 0.05) is 31.6 Å². The van der Waals surface area contributed by atoms with Gasteiger partial charge in [-0.15, -0.1) is 0 Å². The molecule has 3 atom stereocenters. The van der Waals surface area contributed by atoms with Crippen LogP contribution in [0.1, 0.15) is 54.6 Å². The molecule has 1 aromatic carbocycles. The molecule has 2 aromatic rings. The Morgan fingerprint density at radius 2 is 1.97 bits per heavy atom. The van der Waals surface area contributed by atoms with Gasteiger partial charge in [0.1, 0.15) is 11.7 Å². The fraction of sp³-hybridized carbons (Fsp3) is 0.464. The van der Waals surface area contributed by atoms with Crippen LogP contribution in [-0.2, 0) is 4.79 Å². The molecule has 1 fully saturated rings. The van der Waals surface area contributed by atoms with Crippen molar-refractivity contribution in [3.05, 3.63) is 59.3 Å². The van der Waals surface area contributed by atoms with Crippen LogP contribution in [0.5, 0.6) is 5.88 Å². The maximum atomic E-state index is 13.5. The summed E-state index contributed by atoms with van der Waals surface area (Å²) in [6, 6.07) is 11.3. The Hall–Kier alpha value is -3.19. The first kappa shape index (κ1) is 24.9. The van der Waals surface area contributed by atoms with E-state index < -0.39 is 0 Å². The summed E-state index contributed by atoms with van der Waals surface area (Å²) >= 11 is 0. The Morgan fingerprint density at radius 3 is 2.63 bits per heavy atom. The van der Waals surface area contributed by atoms with Gasteiger partial charge in [-0.1, -0.05) is 55.8 Å². The molecule has 186 valence electrons. The van der Waals surface area contributed by atoms with Crippen molar-refractivity contribution in [2.45, 2.75) is 45.3 Å². The highest BCUT2D eigenvalue weighted by Gasteiger charge is 2.36. The van der Waals surface area contributed by atoms with Crippen LogP contribution >= 0.6 is 0 Å². The second-order valence-electron chi connectivity index (χ2n) is 9.83. The van der Waals surface area contributed by atoms with Crippen LogP contribution < -0.4 is 4.74 Å². The lowest BCUT2D eigenvalue weighted by molar-refractivity contribution is -0.138. The summed E-state index contributed by atoms with van der Waals surface area (Å²) in [4.78, 5) is 34.3. The fourth-order valence-corrected chi connectivity index (χ4v) is 4.51. The molecular formula is C28H35N3O4. The quantitative estimate of drug-likeness (QED) is 0.657. The second-order valence-corrected chi connectivity index (χ2v) is 9.83. The molecule has 2 heterocycles. The van der Waals surface area contributed by atoms with Gasteiger partial charge in [0.25, 0.3) is 5.91 Å². The Balaban J connectivity index is 1.63. The third kappa shape index (κ3) is 5.73. The molecule has 0 saturated heterocycles. The van der Waals surface area contributed by atoms with Crippen molar-refractivity contribution in [1.82, 2.24) is 14.8 Å². The third-order valence-corrected chi connectivity index (χ3v) is 7.09. The molecule has 1 saturated carbocycles. The largest absolute Gasteiger partial charge is 0.472 e. The number of amides is 2. The van der Waals surface area contributed by atoms with Gasteiger partial charge in [-0.2, -0.15) is 0 Å². The van der Waals surface area contributed by atoms with Crippen molar-refractivity contribution in [2.75, 3.05) is 26.7 Å². The number of ether oxygens (including phenoxy) is 1. The van der Waals surface area contributed by atoms with Crippen molar-refractivity contribution in [2.24, 2.45) is 11.8 Å². The number of hydrogen-bond donors (Lipinski definition) is 1. The van der Waals surface area contributed by atoms with Crippen LogP contribution in [0.15, 0.2) is 42.6 Å². The van der Waals surface area contributed by atoms with E-state index in [-0.39, 0.29) is 48.3 Å². The number of hydrogen-bond acceptors (Lipinski definition) is 5. The standard InChI is InChI=1S/C28H35N3O4/c1-19-16-31(20(2)18-32)28(34)24-14-22(13-12-21-8-5-4-6-9-21)15-29-26(24)35-25(19)17-30(3)27(33)23-10-7-11-23/h4-6,8-9,12-15,19-20,23,25,32H,7,10-11,16-18H2,1-3H3/b13-12+/t19-,20+,25-/m1/s1. The van der Waals surface area contributed by atoms with Gasteiger partial charge < -0.3 is 19.6 Å². The molecule has 1 N–H and O–H groups in total. The molecule has 35 heavy (non-hydrogen) atoms. The first-order valence-corrected chi connectivity index (χ1v) is 12.4. The van der Waals surface area contributed by atoms with Crippen LogP contribution in [0, 0.1) is 11.8 Å². The van der Waals surface area contributed by atoms with Crippen LogP contribution in [-0.4, -0.2) is 70.6 Å². The number of nitrogens with zero attached hydrogens (tertiary/aromatic N) is 3. The van der Waals surface area contributed by atoms with E-state index in [4.69, 9.17) is 4.74 Å². The van der Waals surface area contributed by atoms with Gasteiger partial charge >= 0.3 is 0 Å². The highest BCUT2D eigenvalue weighted by atomic mass is 16.5. The summed E-state index contributed by atoms with van der Waals surface area (Å²) in [5.74, 6) is 0.259. The third-order valence-electron chi connectivity index (χ3n) is 7.09. The van der Waals surface area contributed by atoms with Crippen LogP contribution in [0.2, 0.25) is 0 Å². The van der Waals surface area contributed by atoms with Gasteiger partial charge in [0.15, 0.2) is 0 Å². The maximum absolute atomic E-state index is 13.5. The average molecular weight is 478 g/mol. The number of pyridine rings is 1. The van der Waals surface area contributed by atoms with Gasteiger partial charge in [0.05, 0.1) is 19.2 Å². The second kappa shape index (κ2) is 11.0. The summed E-state index contributed by atoms with van der Waals surface area (Å²) in [5, 5.41) is 9.84. The first-order chi connectivity index (χ1) is 16.9. The Labute approximate surface area is 207 Å². The minimum absolute atomic E-state index is 0.0582.